The molecule has 7 heteroatoms. The number of imide groups is 1. The maximum atomic E-state index is 13.0. The first-order chi connectivity index (χ1) is 13.8. The van der Waals surface area contributed by atoms with Gasteiger partial charge in [0.15, 0.2) is 0 Å². The van der Waals surface area contributed by atoms with Gasteiger partial charge in [0.25, 0.3) is 5.91 Å². The van der Waals surface area contributed by atoms with E-state index < -0.39 is 17.8 Å². The minimum Gasteiger partial charge on any atom is -0.506 e. The lowest BCUT2D eigenvalue weighted by atomic mass is 9.99. The second kappa shape index (κ2) is 6.63. The normalized spacial score (nSPS) is 14.9. The number of methoxy groups -OCH3 is 1. The van der Waals surface area contributed by atoms with E-state index in [1.807, 2.05) is 29.9 Å². The minimum absolute atomic E-state index is 0.0313. The molecule has 1 aliphatic heterocycles. The number of aromatic nitrogens is 1. The number of benzene rings is 2. The number of hydrogen-bond donors (Lipinski definition) is 1. The maximum Gasteiger partial charge on any atom is 0.337 e. The Morgan fingerprint density at radius 3 is 2.45 bits per heavy atom. The fourth-order valence-electron chi connectivity index (χ4n) is 3.63. The lowest BCUT2D eigenvalue weighted by Crippen LogP contribution is -2.31. The monoisotopic (exact) mass is 390 g/mol. The number of amides is 2. The van der Waals surface area contributed by atoms with Crippen molar-refractivity contribution < 1.29 is 24.2 Å². The van der Waals surface area contributed by atoms with Crippen molar-refractivity contribution in [2.24, 2.45) is 7.05 Å². The second-order valence-corrected chi connectivity index (χ2v) is 6.81. The van der Waals surface area contributed by atoms with E-state index in [-0.39, 0.29) is 16.9 Å². The molecule has 0 unspecified atom stereocenters. The van der Waals surface area contributed by atoms with Gasteiger partial charge in [-0.1, -0.05) is 0 Å². The number of anilines is 1. The van der Waals surface area contributed by atoms with Gasteiger partial charge in [0, 0.05) is 42.2 Å². The maximum absolute atomic E-state index is 13.0. The van der Waals surface area contributed by atoms with Crippen LogP contribution < -0.4 is 4.90 Å². The van der Waals surface area contributed by atoms with Gasteiger partial charge >= 0.3 is 5.97 Å². The summed E-state index contributed by atoms with van der Waals surface area (Å²) in [4.78, 5) is 38.0. The van der Waals surface area contributed by atoms with Crippen LogP contribution in [0.3, 0.4) is 0 Å². The zero-order valence-corrected chi connectivity index (χ0v) is 16.1. The number of nitrogens with zero attached hydrogens (tertiary/aromatic N) is 2. The van der Waals surface area contributed by atoms with Gasteiger partial charge < -0.3 is 14.4 Å². The Hall–Kier alpha value is -3.87. The summed E-state index contributed by atoms with van der Waals surface area (Å²) in [6.45, 7) is 1.27. The Balaban J connectivity index is 1.95. The molecule has 29 heavy (non-hydrogen) atoms. The van der Waals surface area contributed by atoms with Crippen LogP contribution in [-0.4, -0.2) is 34.6 Å². The molecule has 0 spiro atoms. The molecule has 7 nitrogen and oxygen atoms in total. The molecule has 0 aliphatic carbocycles. The van der Waals surface area contributed by atoms with Gasteiger partial charge in [-0.2, -0.15) is 0 Å². The summed E-state index contributed by atoms with van der Waals surface area (Å²) in [6, 6.07) is 11.7. The Kier molecular flexibility index (Phi) is 4.23. The van der Waals surface area contributed by atoms with Crippen LogP contribution in [0, 0.1) is 0 Å². The molecule has 0 saturated heterocycles. The summed E-state index contributed by atoms with van der Waals surface area (Å²) in [7, 11) is 3.17. The Morgan fingerprint density at radius 2 is 1.76 bits per heavy atom. The topological polar surface area (TPSA) is 88.8 Å². The molecule has 2 aromatic carbocycles. The van der Waals surface area contributed by atoms with E-state index in [0.717, 1.165) is 15.8 Å². The van der Waals surface area contributed by atoms with E-state index in [2.05, 4.69) is 0 Å². The number of fused-ring (bicyclic) bond motifs is 2. The van der Waals surface area contributed by atoms with Crippen LogP contribution in [-0.2, 0) is 21.4 Å². The van der Waals surface area contributed by atoms with Crippen molar-refractivity contribution in [3.63, 3.8) is 0 Å². The summed E-state index contributed by atoms with van der Waals surface area (Å²) in [6.07, 6.45) is 1.90. The Morgan fingerprint density at radius 1 is 1.03 bits per heavy atom. The van der Waals surface area contributed by atoms with E-state index in [4.69, 9.17) is 4.74 Å². The number of aliphatic hydroxyl groups excluding tert-OH is 1. The second-order valence-electron chi connectivity index (χ2n) is 6.81. The number of aryl methyl sites for hydroxylation is 1. The largest absolute Gasteiger partial charge is 0.506 e. The third-order valence-electron chi connectivity index (χ3n) is 5.06. The van der Waals surface area contributed by atoms with Crippen molar-refractivity contribution in [3.05, 3.63) is 65.4 Å². The average Bonchev–Trinajstić information content (AvgIpc) is 3.22. The van der Waals surface area contributed by atoms with Gasteiger partial charge in [-0.3, -0.25) is 9.59 Å². The minimum atomic E-state index is -0.639. The van der Waals surface area contributed by atoms with Gasteiger partial charge in [-0.25, -0.2) is 9.69 Å². The number of carbonyl (C=O) groups excluding carboxylic acids is 3. The van der Waals surface area contributed by atoms with E-state index in [1.54, 1.807) is 12.1 Å². The fourth-order valence-corrected chi connectivity index (χ4v) is 3.63. The highest BCUT2D eigenvalue weighted by Crippen LogP contribution is 2.41. The van der Waals surface area contributed by atoms with Gasteiger partial charge in [0.2, 0.25) is 5.91 Å². The third kappa shape index (κ3) is 2.79. The summed E-state index contributed by atoms with van der Waals surface area (Å²) in [5, 5.41) is 11.9. The molecule has 0 saturated carbocycles. The van der Waals surface area contributed by atoms with Crippen LogP contribution in [0.15, 0.2) is 48.7 Å². The zero-order chi connectivity index (χ0) is 20.9. The highest BCUT2D eigenvalue weighted by Gasteiger charge is 2.38. The molecule has 2 heterocycles. The van der Waals surface area contributed by atoms with Gasteiger partial charge in [-0.15, -0.1) is 0 Å². The van der Waals surface area contributed by atoms with Crippen LogP contribution in [0.4, 0.5) is 5.69 Å². The molecule has 1 aliphatic rings. The fraction of sp³-hybridized carbons (Fsp3) is 0.136. The summed E-state index contributed by atoms with van der Waals surface area (Å²) < 4.78 is 6.69. The first-order valence-electron chi connectivity index (χ1n) is 8.90. The van der Waals surface area contributed by atoms with E-state index >= 15 is 0 Å². The van der Waals surface area contributed by atoms with Crippen molar-refractivity contribution >= 4 is 45.7 Å². The Bertz CT molecular complexity index is 1240. The van der Waals surface area contributed by atoms with Crippen LogP contribution >= 0.6 is 0 Å². The lowest BCUT2D eigenvalue weighted by molar-refractivity contribution is -0.122. The molecule has 3 aromatic rings. The number of esters is 1. The molecule has 1 N–H and O–H groups in total. The predicted octanol–water partition coefficient (Wildman–Crippen LogP) is 3.28. The number of aliphatic hydroxyl groups is 1. The van der Waals surface area contributed by atoms with Gasteiger partial charge in [-0.05, 0) is 42.5 Å². The molecular formula is C22H18N2O5. The van der Waals surface area contributed by atoms with Crippen molar-refractivity contribution in [2.45, 2.75) is 6.92 Å². The molecule has 1 aromatic heterocycles. The van der Waals surface area contributed by atoms with Gasteiger partial charge in [0.05, 0.1) is 23.9 Å². The molecule has 146 valence electrons. The van der Waals surface area contributed by atoms with Crippen molar-refractivity contribution in [1.82, 2.24) is 4.57 Å². The number of carbonyl (C=O) groups is 3. The molecule has 0 radical (unpaired) electrons. The van der Waals surface area contributed by atoms with E-state index in [1.165, 1.54) is 32.2 Å². The Labute approximate surface area is 166 Å². The predicted molar refractivity (Wildman–Crippen MR) is 108 cm³/mol. The third-order valence-corrected chi connectivity index (χ3v) is 5.06. The molecular weight excluding hydrogens is 372 g/mol. The SMILES string of the molecule is COC(=O)c1ccc2c(c1)/C(=C(/O)c1ccc3c(ccn3C)c1)C(=O)N2C(C)=O. The lowest BCUT2D eigenvalue weighted by Gasteiger charge is -2.12. The van der Waals surface area contributed by atoms with E-state index in [0.29, 0.717) is 16.8 Å². The molecule has 0 atom stereocenters. The van der Waals surface area contributed by atoms with Crippen molar-refractivity contribution in [2.75, 3.05) is 12.0 Å². The molecule has 0 bridgehead atoms. The standard InChI is InChI=1S/C22H18N2O5/c1-12(25)24-18-7-5-15(22(28)29-3)11-16(18)19(21(24)27)20(26)14-4-6-17-13(10-14)8-9-23(17)2/h4-11,26H,1-3H3/b20-19-. The van der Waals surface area contributed by atoms with Crippen molar-refractivity contribution in [1.29, 1.82) is 0 Å². The van der Waals surface area contributed by atoms with Crippen LogP contribution in [0.1, 0.15) is 28.4 Å². The molecule has 4 rings (SSSR count). The summed E-state index contributed by atoms with van der Waals surface area (Å²) >= 11 is 0. The average molecular weight is 390 g/mol. The first kappa shape index (κ1) is 18.5. The molecule has 2 amide bonds. The van der Waals surface area contributed by atoms with E-state index in [9.17, 15) is 19.5 Å². The summed E-state index contributed by atoms with van der Waals surface area (Å²) in [5.74, 6) is -1.96. The van der Waals surface area contributed by atoms with Crippen LogP contribution in [0.25, 0.3) is 22.2 Å². The smallest absolute Gasteiger partial charge is 0.337 e. The van der Waals surface area contributed by atoms with Crippen molar-refractivity contribution in [3.8, 4) is 0 Å². The first-order valence-corrected chi connectivity index (χ1v) is 8.90. The number of rotatable bonds is 2. The highest BCUT2D eigenvalue weighted by molar-refractivity contribution is 6.43. The van der Waals surface area contributed by atoms with Gasteiger partial charge in [0.1, 0.15) is 5.76 Å². The highest BCUT2D eigenvalue weighted by atomic mass is 16.5. The van der Waals surface area contributed by atoms with Crippen LogP contribution in [0.5, 0.6) is 0 Å². The molecule has 0 fully saturated rings. The number of ether oxygens (including phenoxy) is 1. The zero-order valence-electron chi connectivity index (χ0n) is 16.1. The quantitative estimate of drug-likeness (QED) is 0.412. The number of hydrogen-bond acceptors (Lipinski definition) is 5. The van der Waals surface area contributed by atoms with Crippen LogP contribution in [0.2, 0.25) is 0 Å². The summed E-state index contributed by atoms with van der Waals surface area (Å²) in [5.41, 5.74) is 2.22.